The number of nitrogens with one attached hydrogen (secondary N) is 2. The Balaban J connectivity index is 1.55. The van der Waals surface area contributed by atoms with Crippen molar-refractivity contribution in [2.75, 3.05) is 23.9 Å². The van der Waals surface area contributed by atoms with E-state index in [1.165, 1.54) is 0 Å². The van der Waals surface area contributed by atoms with Crippen LogP contribution in [0.15, 0.2) is 48.5 Å². The molecule has 3 rings (SSSR count). The van der Waals surface area contributed by atoms with Crippen LogP contribution in [0.2, 0.25) is 0 Å². The highest BCUT2D eigenvalue weighted by Gasteiger charge is 2.21. The summed E-state index contributed by atoms with van der Waals surface area (Å²) in [5.41, 5.74) is 2.93. The number of hydrogen-bond acceptors (Lipinski definition) is 3. The van der Waals surface area contributed by atoms with Gasteiger partial charge in [-0.2, -0.15) is 0 Å². The molecule has 6 heteroatoms. The Kier molecular flexibility index (Phi) is 5.50. The first kappa shape index (κ1) is 17.2. The second-order valence-corrected chi connectivity index (χ2v) is 6.26. The molecular weight excluding hydrogens is 334 g/mol. The van der Waals surface area contributed by atoms with Crippen molar-refractivity contribution in [2.24, 2.45) is 0 Å². The van der Waals surface area contributed by atoms with Gasteiger partial charge in [-0.25, -0.2) is 0 Å². The first-order valence-corrected chi connectivity index (χ1v) is 8.65. The number of ether oxygens (including phenoxy) is 1. The second-order valence-electron chi connectivity index (χ2n) is 5.86. The SMILES string of the molecule is COc1ccc(NC(=S)NCc2cccc(N3CCCC3=O)c2)cc1. The van der Waals surface area contributed by atoms with Crippen LogP contribution < -0.4 is 20.3 Å². The Labute approximate surface area is 153 Å². The molecule has 130 valence electrons. The van der Waals surface area contributed by atoms with E-state index in [0.717, 1.165) is 35.7 Å². The highest BCUT2D eigenvalue weighted by Crippen LogP contribution is 2.22. The lowest BCUT2D eigenvalue weighted by Crippen LogP contribution is -2.28. The number of thiocarbonyl (C=S) groups is 1. The summed E-state index contributed by atoms with van der Waals surface area (Å²) in [7, 11) is 1.64. The minimum absolute atomic E-state index is 0.196. The third kappa shape index (κ3) is 4.48. The highest BCUT2D eigenvalue weighted by atomic mass is 32.1. The first-order chi connectivity index (χ1) is 12.2. The Morgan fingerprint density at radius 2 is 2.04 bits per heavy atom. The molecule has 1 amide bonds. The van der Waals surface area contributed by atoms with Gasteiger partial charge in [0.05, 0.1) is 7.11 Å². The van der Waals surface area contributed by atoms with E-state index in [2.05, 4.69) is 10.6 Å². The highest BCUT2D eigenvalue weighted by molar-refractivity contribution is 7.80. The molecule has 1 heterocycles. The van der Waals surface area contributed by atoms with E-state index in [0.29, 0.717) is 18.1 Å². The van der Waals surface area contributed by atoms with Gasteiger partial charge in [0.1, 0.15) is 5.75 Å². The fraction of sp³-hybridized carbons (Fsp3) is 0.263. The number of benzene rings is 2. The Hall–Kier alpha value is -2.60. The fourth-order valence-corrected chi connectivity index (χ4v) is 2.98. The van der Waals surface area contributed by atoms with Gasteiger partial charge in [0.2, 0.25) is 5.91 Å². The van der Waals surface area contributed by atoms with Crippen LogP contribution in [0.3, 0.4) is 0 Å². The maximum Gasteiger partial charge on any atom is 0.227 e. The minimum atomic E-state index is 0.196. The van der Waals surface area contributed by atoms with E-state index in [-0.39, 0.29) is 5.91 Å². The van der Waals surface area contributed by atoms with Gasteiger partial charge in [-0.1, -0.05) is 12.1 Å². The Morgan fingerprint density at radius 3 is 2.72 bits per heavy atom. The Morgan fingerprint density at radius 1 is 1.24 bits per heavy atom. The molecule has 1 fully saturated rings. The average Bonchev–Trinajstić information content (AvgIpc) is 3.07. The number of methoxy groups -OCH3 is 1. The van der Waals surface area contributed by atoms with Gasteiger partial charge >= 0.3 is 0 Å². The normalized spacial score (nSPS) is 13.6. The number of hydrogen-bond donors (Lipinski definition) is 2. The minimum Gasteiger partial charge on any atom is -0.497 e. The zero-order chi connectivity index (χ0) is 17.6. The predicted molar refractivity (Wildman–Crippen MR) is 104 cm³/mol. The van der Waals surface area contributed by atoms with E-state index < -0.39 is 0 Å². The van der Waals surface area contributed by atoms with E-state index in [9.17, 15) is 4.79 Å². The lowest BCUT2D eigenvalue weighted by molar-refractivity contribution is -0.117. The summed E-state index contributed by atoms with van der Waals surface area (Å²) in [6.45, 7) is 1.39. The van der Waals surface area contributed by atoms with E-state index >= 15 is 0 Å². The molecule has 25 heavy (non-hydrogen) atoms. The van der Waals surface area contributed by atoms with Crippen molar-refractivity contribution in [3.8, 4) is 5.75 Å². The first-order valence-electron chi connectivity index (χ1n) is 8.24. The van der Waals surface area contributed by atoms with Gasteiger partial charge in [-0.05, 0) is 60.6 Å². The Bertz CT molecular complexity index is 762. The molecule has 0 spiro atoms. The van der Waals surface area contributed by atoms with Gasteiger partial charge < -0.3 is 20.3 Å². The van der Waals surface area contributed by atoms with E-state index in [4.69, 9.17) is 17.0 Å². The third-order valence-corrected chi connectivity index (χ3v) is 4.34. The summed E-state index contributed by atoms with van der Waals surface area (Å²) >= 11 is 5.34. The maximum absolute atomic E-state index is 11.9. The van der Waals surface area contributed by atoms with Gasteiger partial charge in [-0.3, -0.25) is 4.79 Å². The standard InChI is InChI=1S/C19H21N3O2S/c1-24-17-9-7-15(8-10-17)21-19(25)20-13-14-4-2-5-16(12-14)22-11-3-6-18(22)23/h2,4-5,7-10,12H,3,6,11,13H2,1H3,(H2,20,21,25). The molecule has 5 nitrogen and oxygen atoms in total. The lowest BCUT2D eigenvalue weighted by atomic mass is 10.2. The number of rotatable bonds is 5. The zero-order valence-corrected chi connectivity index (χ0v) is 14.9. The molecule has 1 aliphatic heterocycles. The monoisotopic (exact) mass is 355 g/mol. The maximum atomic E-state index is 11.9. The average molecular weight is 355 g/mol. The largest absolute Gasteiger partial charge is 0.497 e. The topological polar surface area (TPSA) is 53.6 Å². The summed E-state index contributed by atoms with van der Waals surface area (Å²) in [5.74, 6) is 1.000. The van der Waals surface area contributed by atoms with Crippen LogP contribution in [-0.4, -0.2) is 24.7 Å². The molecular formula is C19H21N3O2S. The third-order valence-electron chi connectivity index (χ3n) is 4.10. The van der Waals surface area contributed by atoms with Crippen LogP contribution in [0, 0.1) is 0 Å². The molecule has 0 aromatic heterocycles. The predicted octanol–water partition coefficient (Wildman–Crippen LogP) is 3.31. The van der Waals surface area contributed by atoms with Crippen molar-refractivity contribution in [2.45, 2.75) is 19.4 Å². The summed E-state index contributed by atoms with van der Waals surface area (Å²) in [6.07, 6.45) is 1.57. The van der Waals surface area contributed by atoms with Crippen LogP contribution >= 0.6 is 12.2 Å². The van der Waals surface area contributed by atoms with Gasteiger partial charge in [0.15, 0.2) is 5.11 Å². The summed E-state index contributed by atoms with van der Waals surface area (Å²) in [5, 5.41) is 6.88. The van der Waals surface area contributed by atoms with Gasteiger partial charge in [0.25, 0.3) is 0 Å². The number of carbonyl (C=O) groups excluding carboxylic acids is 1. The molecule has 0 saturated carbocycles. The smallest absolute Gasteiger partial charge is 0.227 e. The van der Waals surface area contributed by atoms with Crippen molar-refractivity contribution < 1.29 is 9.53 Å². The lowest BCUT2D eigenvalue weighted by Gasteiger charge is -2.17. The van der Waals surface area contributed by atoms with E-state index in [1.807, 2.05) is 53.4 Å². The van der Waals surface area contributed by atoms with Crippen LogP contribution in [0.25, 0.3) is 0 Å². The van der Waals surface area contributed by atoms with Crippen molar-refractivity contribution in [3.05, 3.63) is 54.1 Å². The number of carbonyl (C=O) groups is 1. The molecule has 0 radical (unpaired) electrons. The molecule has 0 aliphatic carbocycles. The number of nitrogens with zero attached hydrogens (tertiary/aromatic N) is 1. The van der Waals surface area contributed by atoms with Crippen molar-refractivity contribution in [3.63, 3.8) is 0 Å². The van der Waals surface area contributed by atoms with Crippen molar-refractivity contribution in [1.82, 2.24) is 5.32 Å². The molecule has 0 unspecified atom stereocenters. The molecule has 2 aromatic rings. The van der Waals surface area contributed by atoms with Crippen LogP contribution in [0.4, 0.5) is 11.4 Å². The van der Waals surface area contributed by atoms with E-state index in [1.54, 1.807) is 7.11 Å². The summed E-state index contributed by atoms with van der Waals surface area (Å²) in [4.78, 5) is 13.7. The van der Waals surface area contributed by atoms with Crippen LogP contribution in [0.1, 0.15) is 18.4 Å². The molecule has 0 atom stereocenters. The summed E-state index contributed by atoms with van der Waals surface area (Å²) in [6, 6.07) is 15.6. The van der Waals surface area contributed by atoms with Gasteiger partial charge in [0, 0.05) is 30.9 Å². The molecule has 2 aromatic carbocycles. The molecule has 0 bridgehead atoms. The molecule has 1 saturated heterocycles. The zero-order valence-electron chi connectivity index (χ0n) is 14.1. The van der Waals surface area contributed by atoms with Crippen molar-refractivity contribution >= 4 is 34.6 Å². The number of anilines is 2. The van der Waals surface area contributed by atoms with Crippen LogP contribution in [-0.2, 0) is 11.3 Å². The van der Waals surface area contributed by atoms with Crippen molar-refractivity contribution in [1.29, 1.82) is 0 Å². The molecule has 1 aliphatic rings. The van der Waals surface area contributed by atoms with Crippen LogP contribution in [0.5, 0.6) is 5.75 Å². The second kappa shape index (κ2) is 7.98. The summed E-state index contributed by atoms with van der Waals surface area (Å²) < 4.78 is 5.14. The molecule has 2 N–H and O–H groups in total. The van der Waals surface area contributed by atoms with Gasteiger partial charge in [-0.15, -0.1) is 0 Å². The fourth-order valence-electron chi connectivity index (χ4n) is 2.79. The quantitative estimate of drug-likeness (QED) is 0.806. The number of amides is 1.